The molecule has 2 nitrogen and oxygen atoms in total. The molecule has 154 valence electrons. The molecule has 2 aromatic carbocycles. The van der Waals surface area contributed by atoms with Gasteiger partial charge >= 0.3 is 26.2 Å². The number of allylic oxidation sites excluding steroid dienone is 8. The molecule has 0 amide bonds. The number of hydrogen-bond donors (Lipinski definition) is 2. The SMILES string of the molecule is CCc1ccccc1O.CCc1ccccc1O.[C-]1=C(CC2=[C-]CC=C2)C=CC1.[Zr+2]. The van der Waals surface area contributed by atoms with Crippen molar-refractivity contribution in [1.29, 1.82) is 0 Å². The molecular formula is C27H30O2Zr. The Hall–Kier alpha value is -2.12. The molecule has 4 rings (SSSR count). The van der Waals surface area contributed by atoms with Crippen molar-refractivity contribution < 1.29 is 36.4 Å². The predicted octanol–water partition coefficient (Wildman–Crippen LogP) is 6.66. The molecule has 3 heteroatoms. The monoisotopic (exact) mass is 476 g/mol. The summed E-state index contributed by atoms with van der Waals surface area (Å²) >= 11 is 0. The van der Waals surface area contributed by atoms with Crippen LogP contribution in [-0.4, -0.2) is 10.2 Å². The van der Waals surface area contributed by atoms with Crippen LogP contribution >= 0.6 is 0 Å². The fourth-order valence-electron chi connectivity index (χ4n) is 2.97. The van der Waals surface area contributed by atoms with Crippen LogP contribution < -0.4 is 0 Å². The molecule has 0 aromatic heterocycles. The average molecular weight is 478 g/mol. The summed E-state index contributed by atoms with van der Waals surface area (Å²) in [7, 11) is 0. The summed E-state index contributed by atoms with van der Waals surface area (Å²) in [4.78, 5) is 0. The first-order valence-electron chi connectivity index (χ1n) is 10.2. The van der Waals surface area contributed by atoms with Crippen LogP contribution in [0.5, 0.6) is 11.5 Å². The Morgan fingerprint density at radius 1 is 0.700 bits per heavy atom. The molecule has 0 saturated carbocycles. The second kappa shape index (κ2) is 14.8. The maximum absolute atomic E-state index is 9.11. The summed E-state index contributed by atoms with van der Waals surface area (Å²) < 4.78 is 0. The summed E-state index contributed by atoms with van der Waals surface area (Å²) in [6.07, 6.45) is 20.0. The Bertz CT molecular complexity index is 818. The Morgan fingerprint density at radius 3 is 1.37 bits per heavy atom. The number of benzene rings is 2. The van der Waals surface area contributed by atoms with Crippen molar-refractivity contribution in [3.63, 3.8) is 0 Å². The van der Waals surface area contributed by atoms with Gasteiger partial charge in [-0.1, -0.05) is 56.7 Å². The zero-order valence-corrected chi connectivity index (χ0v) is 20.3. The number of aromatic hydroxyl groups is 2. The van der Waals surface area contributed by atoms with Gasteiger partial charge in [0.2, 0.25) is 0 Å². The van der Waals surface area contributed by atoms with Gasteiger partial charge in [0.25, 0.3) is 0 Å². The number of hydrogen-bond acceptors (Lipinski definition) is 2. The standard InChI is InChI=1S/C11H10.2C8H10O.Zr/c1-2-6-10(5-1)9-11-7-3-4-8-11;2*1-2-7-5-3-4-6-8(7)9;/h1,3,5,7H,2,4,9H2;2*3-6,9H,2H2,1H3;/q-2;;;+2. The van der Waals surface area contributed by atoms with Gasteiger partial charge in [-0.05, 0) is 36.1 Å². The minimum atomic E-state index is 0. The average Bonchev–Trinajstić information content (AvgIpc) is 3.45. The third-order valence-corrected chi connectivity index (χ3v) is 4.66. The largest absolute Gasteiger partial charge is 2.00 e. The number of aryl methyl sites for hydroxylation is 2. The summed E-state index contributed by atoms with van der Waals surface area (Å²) in [6, 6.07) is 14.8. The fraction of sp³-hybridized carbons (Fsp3) is 0.259. The van der Waals surface area contributed by atoms with Crippen LogP contribution in [0.25, 0.3) is 0 Å². The molecular weight excluding hydrogens is 448 g/mol. The van der Waals surface area contributed by atoms with E-state index in [1.807, 2.05) is 50.2 Å². The molecule has 0 bridgehead atoms. The van der Waals surface area contributed by atoms with E-state index < -0.39 is 0 Å². The van der Waals surface area contributed by atoms with Crippen molar-refractivity contribution in [1.82, 2.24) is 0 Å². The summed E-state index contributed by atoms with van der Waals surface area (Å²) in [5, 5.41) is 18.2. The predicted molar refractivity (Wildman–Crippen MR) is 121 cm³/mol. The van der Waals surface area contributed by atoms with Crippen LogP contribution in [0.4, 0.5) is 0 Å². The minimum Gasteiger partial charge on any atom is -0.508 e. The van der Waals surface area contributed by atoms with Crippen molar-refractivity contribution in [2.45, 2.75) is 46.0 Å². The van der Waals surface area contributed by atoms with Crippen LogP contribution in [0.3, 0.4) is 0 Å². The quantitative estimate of drug-likeness (QED) is 0.483. The molecule has 0 aliphatic heterocycles. The second-order valence-corrected chi connectivity index (χ2v) is 6.76. The van der Waals surface area contributed by atoms with Crippen molar-refractivity contribution in [3.05, 3.63) is 107 Å². The summed E-state index contributed by atoms with van der Waals surface area (Å²) in [5.41, 5.74) is 4.66. The molecule has 2 N–H and O–H groups in total. The molecule has 0 fully saturated rings. The molecule has 0 atom stereocenters. The third kappa shape index (κ3) is 9.14. The topological polar surface area (TPSA) is 40.5 Å². The molecule has 0 heterocycles. The van der Waals surface area contributed by atoms with Crippen molar-refractivity contribution in [2.75, 3.05) is 0 Å². The van der Waals surface area contributed by atoms with Crippen LogP contribution in [0, 0.1) is 12.2 Å². The number of para-hydroxylation sites is 2. The summed E-state index contributed by atoms with van der Waals surface area (Å²) in [5.74, 6) is 0.806. The third-order valence-electron chi connectivity index (χ3n) is 4.66. The Balaban J connectivity index is 0.000000223. The maximum atomic E-state index is 9.11. The van der Waals surface area contributed by atoms with Gasteiger partial charge in [0.1, 0.15) is 11.5 Å². The number of phenolic OH excluding ortho intramolecular Hbond substituents is 2. The molecule has 0 saturated heterocycles. The van der Waals surface area contributed by atoms with E-state index in [1.165, 1.54) is 11.1 Å². The van der Waals surface area contributed by atoms with Crippen LogP contribution in [0.1, 0.15) is 44.2 Å². The first-order valence-corrected chi connectivity index (χ1v) is 10.2. The van der Waals surface area contributed by atoms with Crippen LogP contribution in [0.15, 0.2) is 84.0 Å². The van der Waals surface area contributed by atoms with E-state index in [1.54, 1.807) is 12.1 Å². The molecule has 0 radical (unpaired) electrons. The van der Waals surface area contributed by atoms with E-state index in [2.05, 4.69) is 36.5 Å². The van der Waals surface area contributed by atoms with E-state index in [9.17, 15) is 0 Å². The van der Waals surface area contributed by atoms with Gasteiger partial charge in [-0.3, -0.25) is 12.2 Å². The van der Waals surface area contributed by atoms with E-state index in [0.29, 0.717) is 11.5 Å². The van der Waals surface area contributed by atoms with Gasteiger partial charge in [0.15, 0.2) is 0 Å². The zero-order valence-electron chi connectivity index (χ0n) is 17.9. The van der Waals surface area contributed by atoms with E-state index in [4.69, 9.17) is 10.2 Å². The molecule has 2 aliphatic carbocycles. The van der Waals surface area contributed by atoms with Gasteiger partial charge in [-0.15, -0.1) is 12.8 Å². The van der Waals surface area contributed by atoms with Gasteiger partial charge in [0, 0.05) is 0 Å². The molecule has 0 unspecified atom stereocenters. The van der Waals surface area contributed by atoms with Crippen LogP contribution in [0.2, 0.25) is 0 Å². The first kappa shape index (κ1) is 25.9. The Labute approximate surface area is 200 Å². The first-order chi connectivity index (χ1) is 14.1. The fourth-order valence-corrected chi connectivity index (χ4v) is 2.97. The summed E-state index contributed by atoms with van der Waals surface area (Å²) in [6.45, 7) is 4.05. The number of phenols is 2. The molecule has 2 aliphatic rings. The van der Waals surface area contributed by atoms with Crippen LogP contribution in [-0.2, 0) is 39.0 Å². The maximum Gasteiger partial charge on any atom is 2.00 e. The van der Waals surface area contributed by atoms with Crippen molar-refractivity contribution in [2.24, 2.45) is 0 Å². The van der Waals surface area contributed by atoms with Gasteiger partial charge in [-0.25, -0.2) is 23.3 Å². The van der Waals surface area contributed by atoms with Gasteiger partial charge < -0.3 is 10.2 Å². The van der Waals surface area contributed by atoms with E-state index >= 15 is 0 Å². The van der Waals surface area contributed by atoms with Gasteiger partial charge in [-0.2, -0.15) is 12.2 Å². The smallest absolute Gasteiger partial charge is 0.508 e. The molecule has 0 spiro atoms. The van der Waals surface area contributed by atoms with E-state index in [-0.39, 0.29) is 26.2 Å². The van der Waals surface area contributed by atoms with Gasteiger partial charge in [0.05, 0.1) is 0 Å². The molecule has 2 aromatic rings. The zero-order chi connectivity index (χ0) is 20.9. The Kier molecular flexibility index (Phi) is 12.8. The second-order valence-electron chi connectivity index (χ2n) is 6.76. The normalized spacial score (nSPS) is 13.3. The minimum absolute atomic E-state index is 0. The number of rotatable bonds is 4. The molecule has 30 heavy (non-hydrogen) atoms. The van der Waals surface area contributed by atoms with E-state index in [0.717, 1.165) is 43.2 Å². The van der Waals surface area contributed by atoms with Crippen molar-refractivity contribution >= 4 is 0 Å². The Morgan fingerprint density at radius 2 is 1.10 bits per heavy atom. The van der Waals surface area contributed by atoms with Crippen molar-refractivity contribution in [3.8, 4) is 11.5 Å².